The van der Waals surface area contributed by atoms with Crippen LogP contribution >= 0.6 is 23.2 Å². The molecule has 0 radical (unpaired) electrons. The molecule has 0 spiro atoms. The third-order valence-electron chi connectivity index (χ3n) is 3.59. The van der Waals surface area contributed by atoms with E-state index in [2.05, 4.69) is 10.6 Å². The maximum absolute atomic E-state index is 12.5. The van der Waals surface area contributed by atoms with Gasteiger partial charge in [-0.2, -0.15) is 0 Å². The average Bonchev–Trinajstić information content (AvgIpc) is 2.50. The van der Waals surface area contributed by atoms with Crippen molar-refractivity contribution in [3.8, 4) is 0 Å². The zero-order chi connectivity index (χ0) is 17.9. The monoisotopic (exact) mass is 364 g/mol. The smallest absolute Gasteiger partial charge is 0.239 e. The summed E-state index contributed by atoms with van der Waals surface area (Å²) >= 11 is 12.0. The van der Waals surface area contributed by atoms with Gasteiger partial charge in [-0.15, -0.1) is 0 Å². The maximum atomic E-state index is 12.5. The lowest BCUT2D eigenvalue weighted by Gasteiger charge is -2.23. The maximum Gasteiger partial charge on any atom is 0.239 e. The van der Waals surface area contributed by atoms with Crippen molar-refractivity contribution in [3.05, 3.63) is 58.1 Å². The first kappa shape index (κ1) is 18.3. The molecule has 0 heterocycles. The second-order valence-electron chi connectivity index (χ2n) is 6.03. The normalized spacial score (nSPS) is 11.0. The molecule has 24 heavy (non-hydrogen) atoms. The third-order valence-corrected chi connectivity index (χ3v) is 4.15. The summed E-state index contributed by atoms with van der Waals surface area (Å²) < 4.78 is 0. The van der Waals surface area contributed by atoms with Crippen LogP contribution in [0.4, 0.5) is 11.4 Å². The number of benzene rings is 2. The molecule has 0 aliphatic rings. The van der Waals surface area contributed by atoms with Gasteiger partial charge in [0.15, 0.2) is 0 Å². The van der Waals surface area contributed by atoms with E-state index >= 15 is 0 Å². The number of nitrogens with one attached hydrogen (secondary N) is 2. The summed E-state index contributed by atoms with van der Waals surface area (Å²) in [6, 6.07) is 12.1. The summed E-state index contributed by atoms with van der Waals surface area (Å²) in [5, 5.41) is 6.20. The number of carbonyl (C=O) groups excluding carboxylic acids is 2. The van der Waals surface area contributed by atoms with Crippen LogP contribution in [0, 0.1) is 12.3 Å². The molecule has 0 aliphatic carbocycles. The number of rotatable bonds is 4. The largest absolute Gasteiger partial charge is 0.325 e. The van der Waals surface area contributed by atoms with E-state index in [-0.39, 0.29) is 0 Å². The van der Waals surface area contributed by atoms with Crippen LogP contribution in [0.2, 0.25) is 10.0 Å². The molecule has 0 unspecified atom stereocenters. The van der Waals surface area contributed by atoms with E-state index in [1.54, 1.807) is 32.0 Å². The number of hydrogen-bond acceptors (Lipinski definition) is 2. The number of anilines is 2. The van der Waals surface area contributed by atoms with Gasteiger partial charge in [-0.25, -0.2) is 0 Å². The molecule has 2 aromatic carbocycles. The van der Waals surface area contributed by atoms with Crippen LogP contribution in [-0.2, 0) is 9.59 Å². The molecule has 2 N–H and O–H groups in total. The lowest BCUT2D eigenvalue weighted by atomic mass is 9.90. The lowest BCUT2D eigenvalue weighted by molar-refractivity contribution is -0.135. The van der Waals surface area contributed by atoms with Gasteiger partial charge in [0.05, 0.1) is 10.7 Å². The Morgan fingerprint density at radius 1 is 0.958 bits per heavy atom. The van der Waals surface area contributed by atoms with Crippen molar-refractivity contribution in [1.82, 2.24) is 0 Å². The van der Waals surface area contributed by atoms with Crippen molar-refractivity contribution >= 4 is 46.4 Å². The van der Waals surface area contributed by atoms with Gasteiger partial charge in [0, 0.05) is 10.7 Å². The molecule has 0 bridgehead atoms. The Morgan fingerprint density at radius 3 is 2.29 bits per heavy atom. The molecule has 0 aromatic heterocycles. The van der Waals surface area contributed by atoms with Gasteiger partial charge in [0.1, 0.15) is 5.41 Å². The minimum Gasteiger partial charge on any atom is -0.325 e. The molecular weight excluding hydrogens is 347 g/mol. The average molecular weight is 365 g/mol. The molecule has 2 rings (SSSR count). The SMILES string of the molecule is Cc1cccc(NC(=O)C(C)(C)C(=O)Nc2cc(Cl)ccc2Cl)c1. The summed E-state index contributed by atoms with van der Waals surface area (Å²) in [5.74, 6) is -0.888. The van der Waals surface area contributed by atoms with E-state index in [9.17, 15) is 9.59 Å². The van der Waals surface area contributed by atoms with Crippen molar-refractivity contribution in [2.45, 2.75) is 20.8 Å². The lowest BCUT2D eigenvalue weighted by Crippen LogP contribution is -2.41. The van der Waals surface area contributed by atoms with Crippen LogP contribution in [0.5, 0.6) is 0 Å². The Morgan fingerprint density at radius 2 is 1.62 bits per heavy atom. The van der Waals surface area contributed by atoms with Crippen molar-refractivity contribution in [1.29, 1.82) is 0 Å². The highest BCUT2D eigenvalue weighted by Gasteiger charge is 2.36. The molecule has 0 atom stereocenters. The number of carbonyl (C=O) groups is 2. The summed E-state index contributed by atoms with van der Waals surface area (Å²) in [6.07, 6.45) is 0. The van der Waals surface area contributed by atoms with Crippen LogP contribution < -0.4 is 10.6 Å². The van der Waals surface area contributed by atoms with Gasteiger partial charge in [-0.05, 0) is 56.7 Å². The molecule has 0 saturated heterocycles. The highest BCUT2D eigenvalue weighted by Crippen LogP contribution is 2.28. The predicted molar refractivity (Wildman–Crippen MR) is 98.7 cm³/mol. The van der Waals surface area contributed by atoms with E-state index in [0.29, 0.717) is 21.4 Å². The molecule has 0 fully saturated rings. The van der Waals surface area contributed by atoms with Gasteiger partial charge >= 0.3 is 0 Å². The second-order valence-corrected chi connectivity index (χ2v) is 6.87. The number of halogens is 2. The number of aryl methyl sites for hydroxylation is 1. The number of hydrogen-bond donors (Lipinski definition) is 2. The molecule has 4 nitrogen and oxygen atoms in total. The third kappa shape index (κ3) is 4.28. The fraction of sp³-hybridized carbons (Fsp3) is 0.222. The Labute approximate surface area is 151 Å². The van der Waals surface area contributed by atoms with E-state index < -0.39 is 17.2 Å². The molecule has 2 aromatic rings. The van der Waals surface area contributed by atoms with Crippen molar-refractivity contribution in [2.75, 3.05) is 10.6 Å². The fourth-order valence-electron chi connectivity index (χ4n) is 1.99. The Bertz CT molecular complexity index is 788. The standard InChI is InChI=1S/C18H18Cl2N2O2/c1-11-5-4-6-13(9-11)21-16(23)18(2,3)17(24)22-15-10-12(19)7-8-14(15)20/h4-10H,1-3H3,(H,21,23)(H,22,24). The van der Waals surface area contributed by atoms with E-state index in [4.69, 9.17) is 23.2 Å². The molecular formula is C18H18Cl2N2O2. The van der Waals surface area contributed by atoms with Crippen LogP contribution in [0.1, 0.15) is 19.4 Å². The summed E-state index contributed by atoms with van der Waals surface area (Å²) in [7, 11) is 0. The van der Waals surface area contributed by atoms with Crippen LogP contribution in [0.25, 0.3) is 0 Å². The highest BCUT2D eigenvalue weighted by atomic mass is 35.5. The first-order valence-electron chi connectivity index (χ1n) is 7.35. The predicted octanol–water partition coefficient (Wildman–Crippen LogP) is 4.91. The minimum absolute atomic E-state index is 0.350. The molecule has 0 aliphatic heterocycles. The molecule has 2 amide bonds. The zero-order valence-electron chi connectivity index (χ0n) is 13.6. The van der Waals surface area contributed by atoms with Crippen molar-refractivity contribution < 1.29 is 9.59 Å². The topological polar surface area (TPSA) is 58.2 Å². The Hall–Kier alpha value is -2.04. The van der Waals surface area contributed by atoms with E-state index in [1.165, 1.54) is 6.07 Å². The highest BCUT2D eigenvalue weighted by molar-refractivity contribution is 6.36. The zero-order valence-corrected chi connectivity index (χ0v) is 15.1. The van der Waals surface area contributed by atoms with Crippen molar-refractivity contribution in [3.63, 3.8) is 0 Å². The first-order valence-corrected chi connectivity index (χ1v) is 8.10. The van der Waals surface area contributed by atoms with E-state index in [0.717, 1.165) is 5.56 Å². The second kappa shape index (κ2) is 7.24. The minimum atomic E-state index is -1.30. The number of amides is 2. The Kier molecular flexibility index (Phi) is 5.52. The van der Waals surface area contributed by atoms with Crippen molar-refractivity contribution in [2.24, 2.45) is 5.41 Å². The summed E-state index contributed by atoms with van der Waals surface area (Å²) in [6.45, 7) is 5.02. The summed E-state index contributed by atoms with van der Waals surface area (Å²) in [5.41, 5.74) is 0.725. The first-order chi connectivity index (χ1) is 11.2. The molecule has 126 valence electrons. The van der Waals surface area contributed by atoms with Gasteiger partial charge in [-0.3, -0.25) is 9.59 Å². The van der Waals surface area contributed by atoms with E-state index in [1.807, 2.05) is 25.1 Å². The van der Waals surface area contributed by atoms with Crippen LogP contribution in [-0.4, -0.2) is 11.8 Å². The molecule has 0 saturated carbocycles. The fourth-order valence-corrected chi connectivity index (χ4v) is 2.32. The Balaban J connectivity index is 2.14. The van der Waals surface area contributed by atoms with Gasteiger partial charge in [0.25, 0.3) is 0 Å². The van der Waals surface area contributed by atoms with Gasteiger partial charge < -0.3 is 10.6 Å². The van der Waals surface area contributed by atoms with Crippen LogP contribution in [0.15, 0.2) is 42.5 Å². The van der Waals surface area contributed by atoms with Crippen LogP contribution in [0.3, 0.4) is 0 Å². The van der Waals surface area contributed by atoms with Gasteiger partial charge in [-0.1, -0.05) is 35.3 Å². The quantitative estimate of drug-likeness (QED) is 0.757. The molecule has 6 heteroatoms. The van der Waals surface area contributed by atoms with Gasteiger partial charge in [0.2, 0.25) is 11.8 Å². The summed E-state index contributed by atoms with van der Waals surface area (Å²) in [4.78, 5) is 25.0.